The minimum absolute atomic E-state index is 0.126. The summed E-state index contributed by atoms with van der Waals surface area (Å²) >= 11 is 0. The largest absolute Gasteiger partial charge is 0.500 e. The molecule has 0 atom stereocenters. The molecule has 0 spiro atoms. The first-order chi connectivity index (χ1) is 10.1. The standard InChI is InChI=1S/C14H13NO6/c1-19-13(17)10(11(16)14(18)20-2)15-12-9-6-4-3-5-8(9)7-21-12/h3-6,16H,7H2,1-2H3/b11-10-,15-12?. The zero-order valence-corrected chi connectivity index (χ0v) is 11.5. The average Bonchev–Trinajstić information content (AvgIpc) is 2.93. The van der Waals surface area contributed by atoms with E-state index in [1.54, 1.807) is 12.1 Å². The van der Waals surface area contributed by atoms with Gasteiger partial charge in [0, 0.05) is 11.1 Å². The molecule has 0 saturated heterocycles. The van der Waals surface area contributed by atoms with Gasteiger partial charge in [-0.3, -0.25) is 0 Å². The number of nitrogens with zero attached hydrogens (tertiary/aromatic N) is 1. The number of carbonyl (C=O) groups is 2. The Morgan fingerprint density at radius 3 is 2.52 bits per heavy atom. The van der Waals surface area contributed by atoms with Crippen LogP contribution in [0, 0.1) is 0 Å². The summed E-state index contributed by atoms with van der Waals surface area (Å²) < 4.78 is 14.2. The molecule has 0 unspecified atom stereocenters. The van der Waals surface area contributed by atoms with Crippen LogP contribution in [-0.4, -0.2) is 37.2 Å². The maximum atomic E-state index is 11.7. The van der Waals surface area contributed by atoms with Crippen LogP contribution < -0.4 is 0 Å². The van der Waals surface area contributed by atoms with Crippen molar-refractivity contribution in [1.29, 1.82) is 0 Å². The van der Waals surface area contributed by atoms with Crippen molar-refractivity contribution >= 4 is 17.8 Å². The molecule has 0 radical (unpaired) electrons. The lowest BCUT2D eigenvalue weighted by Gasteiger charge is -2.05. The van der Waals surface area contributed by atoms with Crippen molar-refractivity contribution in [1.82, 2.24) is 0 Å². The number of aliphatic hydroxyl groups excluding tert-OH is 1. The van der Waals surface area contributed by atoms with Crippen molar-refractivity contribution in [2.24, 2.45) is 4.99 Å². The Hall–Kier alpha value is -2.83. The number of aliphatic imine (C=N–C) groups is 1. The summed E-state index contributed by atoms with van der Waals surface area (Å²) in [6.07, 6.45) is 0. The fourth-order valence-corrected chi connectivity index (χ4v) is 1.76. The second-order valence-corrected chi connectivity index (χ2v) is 4.04. The van der Waals surface area contributed by atoms with Gasteiger partial charge in [0.15, 0.2) is 0 Å². The van der Waals surface area contributed by atoms with Crippen molar-refractivity contribution in [2.45, 2.75) is 6.61 Å². The predicted molar refractivity (Wildman–Crippen MR) is 71.5 cm³/mol. The van der Waals surface area contributed by atoms with Crippen molar-refractivity contribution in [3.05, 3.63) is 46.8 Å². The van der Waals surface area contributed by atoms with Gasteiger partial charge >= 0.3 is 11.9 Å². The molecule has 7 heteroatoms. The summed E-state index contributed by atoms with van der Waals surface area (Å²) in [6.45, 7) is 0.294. The molecular formula is C14H13NO6. The van der Waals surface area contributed by atoms with Crippen LogP contribution in [0.15, 0.2) is 40.7 Å². The number of aliphatic hydroxyl groups is 1. The van der Waals surface area contributed by atoms with Crippen molar-refractivity contribution in [2.75, 3.05) is 14.2 Å². The van der Waals surface area contributed by atoms with Crippen LogP contribution in [0.1, 0.15) is 11.1 Å². The van der Waals surface area contributed by atoms with E-state index in [1.807, 2.05) is 12.1 Å². The van der Waals surface area contributed by atoms with Gasteiger partial charge in [-0.05, 0) is 6.07 Å². The van der Waals surface area contributed by atoms with E-state index in [4.69, 9.17) is 4.74 Å². The lowest BCUT2D eigenvalue weighted by atomic mass is 10.1. The predicted octanol–water partition coefficient (Wildman–Crippen LogP) is 1.08. The van der Waals surface area contributed by atoms with Crippen LogP contribution in [0.3, 0.4) is 0 Å². The van der Waals surface area contributed by atoms with Crippen LogP contribution in [0.2, 0.25) is 0 Å². The number of hydrogen-bond acceptors (Lipinski definition) is 7. The minimum Gasteiger partial charge on any atom is -0.500 e. The molecule has 1 heterocycles. The number of benzene rings is 1. The van der Waals surface area contributed by atoms with E-state index >= 15 is 0 Å². The van der Waals surface area contributed by atoms with E-state index in [2.05, 4.69) is 14.5 Å². The summed E-state index contributed by atoms with van der Waals surface area (Å²) in [7, 11) is 2.18. The minimum atomic E-state index is -1.09. The normalized spacial score (nSPS) is 15.8. The second-order valence-electron chi connectivity index (χ2n) is 4.04. The number of carbonyl (C=O) groups excluding carboxylic acids is 2. The summed E-state index contributed by atoms with van der Waals surface area (Å²) in [6, 6.07) is 7.23. The maximum Gasteiger partial charge on any atom is 0.375 e. The topological polar surface area (TPSA) is 94.4 Å². The zero-order chi connectivity index (χ0) is 15.4. The first-order valence-electron chi connectivity index (χ1n) is 5.98. The molecule has 2 rings (SSSR count). The van der Waals surface area contributed by atoms with E-state index < -0.39 is 23.4 Å². The van der Waals surface area contributed by atoms with E-state index in [9.17, 15) is 14.7 Å². The maximum absolute atomic E-state index is 11.7. The summed E-state index contributed by atoms with van der Waals surface area (Å²) in [5.74, 6) is -2.88. The molecule has 0 fully saturated rings. The van der Waals surface area contributed by atoms with E-state index in [0.29, 0.717) is 12.2 Å². The van der Waals surface area contributed by atoms with E-state index in [1.165, 1.54) is 0 Å². The molecule has 0 bridgehead atoms. The molecule has 0 aromatic heterocycles. The molecule has 0 saturated carbocycles. The molecule has 1 aliphatic heterocycles. The van der Waals surface area contributed by atoms with Gasteiger partial charge in [-0.15, -0.1) is 0 Å². The highest BCUT2D eigenvalue weighted by atomic mass is 16.5. The van der Waals surface area contributed by atoms with Crippen LogP contribution in [-0.2, 0) is 30.4 Å². The Morgan fingerprint density at radius 1 is 1.19 bits per heavy atom. The molecule has 0 amide bonds. The van der Waals surface area contributed by atoms with Gasteiger partial charge in [-0.1, -0.05) is 18.2 Å². The molecule has 1 N–H and O–H groups in total. The fourth-order valence-electron chi connectivity index (χ4n) is 1.76. The molecule has 0 aliphatic carbocycles. The number of methoxy groups -OCH3 is 2. The average molecular weight is 291 g/mol. The highest BCUT2D eigenvalue weighted by Crippen LogP contribution is 2.22. The third kappa shape index (κ3) is 2.86. The van der Waals surface area contributed by atoms with Gasteiger partial charge < -0.3 is 19.3 Å². The summed E-state index contributed by atoms with van der Waals surface area (Å²) in [4.78, 5) is 26.9. The molecule has 1 aromatic rings. The smallest absolute Gasteiger partial charge is 0.375 e. The van der Waals surface area contributed by atoms with Crippen molar-refractivity contribution < 1.29 is 28.9 Å². The third-order valence-electron chi connectivity index (χ3n) is 2.81. The molecule has 7 nitrogen and oxygen atoms in total. The first kappa shape index (κ1) is 14.6. The summed E-state index contributed by atoms with van der Waals surface area (Å²) in [5.41, 5.74) is 0.991. The Balaban J connectivity index is 2.48. The lowest BCUT2D eigenvalue weighted by Crippen LogP contribution is -2.15. The third-order valence-corrected chi connectivity index (χ3v) is 2.81. The number of fused-ring (bicyclic) bond motifs is 1. The SMILES string of the molecule is COC(=O)/C(O)=C(/N=C1OCc2ccccc21)C(=O)OC. The Morgan fingerprint density at radius 2 is 1.86 bits per heavy atom. The van der Waals surface area contributed by atoms with Gasteiger partial charge in [0.1, 0.15) is 6.61 Å². The van der Waals surface area contributed by atoms with Gasteiger partial charge in [-0.25, -0.2) is 14.6 Å². The van der Waals surface area contributed by atoms with Crippen molar-refractivity contribution in [3.63, 3.8) is 0 Å². The quantitative estimate of drug-likeness (QED) is 0.508. The zero-order valence-electron chi connectivity index (χ0n) is 11.5. The van der Waals surface area contributed by atoms with Gasteiger partial charge in [0.05, 0.1) is 14.2 Å². The van der Waals surface area contributed by atoms with Gasteiger partial charge in [0.25, 0.3) is 0 Å². The monoisotopic (exact) mass is 291 g/mol. The number of ether oxygens (including phenoxy) is 3. The molecule has 21 heavy (non-hydrogen) atoms. The number of esters is 2. The molecular weight excluding hydrogens is 278 g/mol. The highest BCUT2D eigenvalue weighted by Gasteiger charge is 2.26. The Kier molecular flexibility index (Phi) is 4.22. The van der Waals surface area contributed by atoms with Crippen LogP contribution in [0.5, 0.6) is 0 Å². The number of rotatable bonds is 3. The summed E-state index contributed by atoms with van der Waals surface area (Å²) in [5, 5.41) is 9.73. The molecule has 1 aliphatic rings. The molecule has 110 valence electrons. The van der Waals surface area contributed by atoms with Gasteiger partial charge in [-0.2, -0.15) is 0 Å². The lowest BCUT2D eigenvalue weighted by molar-refractivity contribution is -0.141. The van der Waals surface area contributed by atoms with Crippen LogP contribution in [0.4, 0.5) is 0 Å². The highest BCUT2D eigenvalue weighted by molar-refractivity contribution is 6.04. The van der Waals surface area contributed by atoms with Gasteiger partial charge in [0.2, 0.25) is 17.4 Å². The second kappa shape index (κ2) is 6.08. The fraction of sp³-hybridized carbons (Fsp3) is 0.214. The number of hydrogen-bond donors (Lipinski definition) is 1. The Bertz CT molecular complexity index is 647. The Labute approximate surface area is 120 Å². The first-order valence-corrected chi connectivity index (χ1v) is 5.98. The van der Waals surface area contributed by atoms with E-state index in [-0.39, 0.29) is 5.90 Å². The van der Waals surface area contributed by atoms with Crippen LogP contribution in [0.25, 0.3) is 0 Å². The van der Waals surface area contributed by atoms with Crippen LogP contribution >= 0.6 is 0 Å². The molecule has 1 aromatic carbocycles. The van der Waals surface area contributed by atoms with Crippen molar-refractivity contribution in [3.8, 4) is 0 Å². The van der Waals surface area contributed by atoms with E-state index in [0.717, 1.165) is 19.8 Å².